The van der Waals surface area contributed by atoms with Gasteiger partial charge in [-0.05, 0) is 50.5 Å². The van der Waals surface area contributed by atoms with Crippen LogP contribution in [-0.4, -0.2) is 69.2 Å². The smallest absolute Gasteiger partial charge is 0.444 e. The van der Waals surface area contributed by atoms with Crippen LogP contribution >= 0.6 is 0 Å². The average Bonchev–Trinajstić information content (AvgIpc) is 3.22. The van der Waals surface area contributed by atoms with E-state index in [0.717, 1.165) is 17.3 Å². The van der Waals surface area contributed by atoms with E-state index in [-0.39, 0.29) is 30.6 Å². The highest BCUT2D eigenvalue weighted by atomic mass is 19.4. The summed E-state index contributed by atoms with van der Waals surface area (Å²) in [6.45, 7) is 5.01. The molecule has 2 heterocycles. The van der Waals surface area contributed by atoms with Crippen LogP contribution in [0.5, 0.6) is 0 Å². The van der Waals surface area contributed by atoms with Crippen molar-refractivity contribution in [1.82, 2.24) is 25.5 Å². The van der Waals surface area contributed by atoms with Crippen LogP contribution in [-0.2, 0) is 22.3 Å². The summed E-state index contributed by atoms with van der Waals surface area (Å²) >= 11 is 0. The van der Waals surface area contributed by atoms with Crippen molar-refractivity contribution in [3.63, 3.8) is 0 Å². The molecule has 3 amide bonds. The number of hydrogen-bond acceptors (Lipinski definition) is 7. The molecular formula is C24H28F3N5O5. The number of carbonyl (C=O) groups is 3. The van der Waals surface area contributed by atoms with Crippen LogP contribution in [0, 0.1) is 0 Å². The molecule has 37 heavy (non-hydrogen) atoms. The summed E-state index contributed by atoms with van der Waals surface area (Å²) in [6.07, 6.45) is -4.32. The zero-order valence-electron chi connectivity index (χ0n) is 20.7. The minimum Gasteiger partial charge on any atom is -0.444 e. The van der Waals surface area contributed by atoms with E-state index in [1.807, 2.05) is 0 Å². The van der Waals surface area contributed by atoms with E-state index >= 15 is 0 Å². The molecule has 1 aromatic carbocycles. The minimum atomic E-state index is -4.69. The van der Waals surface area contributed by atoms with Crippen LogP contribution < -0.4 is 10.6 Å². The second-order valence-corrected chi connectivity index (χ2v) is 9.44. The fraction of sp³-hybridized carbons (Fsp3) is 0.458. The van der Waals surface area contributed by atoms with Crippen molar-refractivity contribution >= 4 is 17.9 Å². The van der Waals surface area contributed by atoms with Gasteiger partial charge >= 0.3 is 12.3 Å². The number of carbonyl (C=O) groups excluding carboxylic acids is 3. The standard InChI is InChI=1S/C24H28F3N5O5/c1-23(2,3)37-22(36)32-8-7-17(33)18(32)20(35)29-10-14-9-13(5-6-16(14)19(34)28-4)15-11-30-21(31-12-15)24(25,26)27/h5-6,9,11-12,17-18,33H,7-8,10H2,1-4H3,(H,28,34)(H,29,35)/t17-,18+/m1/s1. The van der Waals surface area contributed by atoms with Gasteiger partial charge in [-0.2, -0.15) is 13.2 Å². The summed E-state index contributed by atoms with van der Waals surface area (Å²) in [4.78, 5) is 45.8. The lowest BCUT2D eigenvalue weighted by molar-refractivity contribution is -0.145. The number of halogens is 3. The molecule has 3 N–H and O–H groups in total. The van der Waals surface area contributed by atoms with Crippen molar-refractivity contribution in [3.05, 3.63) is 47.5 Å². The Kier molecular flexibility index (Phi) is 8.06. The summed E-state index contributed by atoms with van der Waals surface area (Å²) in [7, 11) is 1.43. The summed E-state index contributed by atoms with van der Waals surface area (Å²) in [5.74, 6) is -2.38. The van der Waals surface area contributed by atoms with E-state index in [0.29, 0.717) is 11.1 Å². The molecule has 0 spiro atoms. The van der Waals surface area contributed by atoms with E-state index in [2.05, 4.69) is 20.6 Å². The average molecular weight is 524 g/mol. The number of aliphatic hydroxyl groups excluding tert-OH is 1. The third-order valence-electron chi connectivity index (χ3n) is 5.53. The van der Waals surface area contributed by atoms with Gasteiger partial charge in [-0.3, -0.25) is 14.5 Å². The van der Waals surface area contributed by atoms with Gasteiger partial charge in [-0.25, -0.2) is 14.8 Å². The maximum Gasteiger partial charge on any atom is 0.451 e. The minimum absolute atomic E-state index is 0.126. The van der Waals surface area contributed by atoms with Crippen LogP contribution in [0.15, 0.2) is 30.6 Å². The molecule has 0 radical (unpaired) electrons. The van der Waals surface area contributed by atoms with Gasteiger partial charge in [0.15, 0.2) is 0 Å². The number of aliphatic hydroxyl groups is 1. The highest BCUT2D eigenvalue weighted by molar-refractivity contribution is 5.96. The first-order chi connectivity index (χ1) is 17.2. The largest absolute Gasteiger partial charge is 0.451 e. The number of likely N-dealkylation sites (tertiary alicyclic amines) is 1. The number of benzene rings is 1. The first-order valence-electron chi connectivity index (χ1n) is 11.4. The molecule has 0 aliphatic carbocycles. The number of nitrogens with zero attached hydrogens (tertiary/aromatic N) is 3. The first kappa shape index (κ1) is 27.8. The molecule has 1 aliphatic rings. The van der Waals surface area contributed by atoms with Crippen molar-refractivity contribution in [2.24, 2.45) is 0 Å². The van der Waals surface area contributed by atoms with Gasteiger partial charge in [0.1, 0.15) is 11.6 Å². The number of ether oxygens (including phenoxy) is 1. The van der Waals surface area contributed by atoms with Crippen molar-refractivity contribution in [3.8, 4) is 11.1 Å². The van der Waals surface area contributed by atoms with Gasteiger partial charge in [0.05, 0.1) is 6.10 Å². The summed E-state index contributed by atoms with van der Waals surface area (Å²) in [5.41, 5.74) is 0.460. The van der Waals surface area contributed by atoms with Crippen molar-refractivity contribution in [1.29, 1.82) is 0 Å². The lowest BCUT2D eigenvalue weighted by Crippen LogP contribution is -2.51. The maximum absolute atomic E-state index is 13.0. The van der Waals surface area contributed by atoms with Gasteiger partial charge in [0.25, 0.3) is 5.91 Å². The number of alkyl halides is 3. The molecular weight excluding hydrogens is 495 g/mol. The Morgan fingerprint density at radius 1 is 1.14 bits per heavy atom. The topological polar surface area (TPSA) is 134 Å². The predicted molar refractivity (Wildman–Crippen MR) is 125 cm³/mol. The molecule has 1 aromatic heterocycles. The first-order valence-corrected chi connectivity index (χ1v) is 11.4. The van der Waals surface area contributed by atoms with Gasteiger partial charge in [-0.15, -0.1) is 0 Å². The molecule has 1 fully saturated rings. The van der Waals surface area contributed by atoms with Gasteiger partial charge < -0.3 is 20.5 Å². The second kappa shape index (κ2) is 10.7. The molecule has 1 saturated heterocycles. The summed E-state index contributed by atoms with van der Waals surface area (Å²) in [5, 5.41) is 15.5. The quantitative estimate of drug-likeness (QED) is 0.548. The van der Waals surface area contributed by atoms with Crippen molar-refractivity contribution in [2.45, 2.75) is 57.7 Å². The molecule has 2 aromatic rings. The Morgan fingerprint density at radius 2 is 1.78 bits per heavy atom. The Hall–Kier alpha value is -3.74. The van der Waals surface area contributed by atoms with E-state index in [4.69, 9.17) is 4.74 Å². The Bertz CT molecular complexity index is 1160. The lowest BCUT2D eigenvalue weighted by atomic mass is 9.99. The molecule has 200 valence electrons. The third-order valence-corrected chi connectivity index (χ3v) is 5.53. The maximum atomic E-state index is 13.0. The molecule has 10 nitrogen and oxygen atoms in total. The SMILES string of the molecule is CNC(=O)c1ccc(-c2cnc(C(F)(F)F)nc2)cc1CNC(=O)[C@@H]1[C@H](O)CCN1C(=O)OC(C)(C)C. The highest BCUT2D eigenvalue weighted by Gasteiger charge is 2.42. The van der Waals surface area contributed by atoms with Crippen LogP contribution in [0.25, 0.3) is 11.1 Å². The van der Waals surface area contributed by atoms with Gasteiger partial charge in [-0.1, -0.05) is 6.07 Å². The third kappa shape index (κ3) is 6.73. The van der Waals surface area contributed by atoms with E-state index < -0.39 is 47.7 Å². The predicted octanol–water partition coefficient (Wildman–Crippen LogP) is 2.51. The fourth-order valence-electron chi connectivity index (χ4n) is 3.80. The fourth-order valence-corrected chi connectivity index (χ4v) is 3.80. The van der Waals surface area contributed by atoms with Gasteiger partial charge in [0, 0.05) is 43.7 Å². The van der Waals surface area contributed by atoms with Crippen LogP contribution in [0.2, 0.25) is 0 Å². The summed E-state index contributed by atoms with van der Waals surface area (Å²) < 4.78 is 43.7. The monoisotopic (exact) mass is 523 g/mol. The number of nitrogens with one attached hydrogen (secondary N) is 2. The Balaban J connectivity index is 1.83. The van der Waals surface area contributed by atoms with Crippen molar-refractivity contribution in [2.75, 3.05) is 13.6 Å². The molecule has 3 rings (SSSR count). The van der Waals surface area contributed by atoms with Gasteiger partial charge in [0.2, 0.25) is 11.7 Å². The van der Waals surface area contributed by atoms with E-state index in [9.17, 15) is 32.7 Å². The Morgan fingerprint density at radius 3 is 2.35 bits per heavy atom. The van der Waals surface area contributed by atoms with E-state index in [1.54, 1.807) is 20.8 Å². The van der Waals surface area contributed by atoms with Crippen LogP contribution in [0.4, 0.5) is 18.0 Å². The number of aromatic nitrogens is 2. The molecule has 2 atom stereocenters. The van der Waals surface area contributed by atoms with Crippen LogP contribution in [0.3, 0.4) is 0 Å². The molecule has 1 aliphatic heterocycles. The normalized spacial score (nSPS) is 17.9. The van der Waals surface area contributed by atoms with Crippen molar-refractivity contribution < 1.29 is 37.4 Å². The molecule has 13 heteroatoms. The van der Waals surface area contributed by atoms with E-state index in [1.165, 1.54) is 25.2 Å². The second-order valence-electron chi connectivity index (χ2n) is 9.44. The zero-order valence-corrected chi connectivity index (χ0v) is 20.7. The zero-order chi connectivity index (χ0) is 27.5. The number of amides is 3. The highest BCUT2D eigenvalue weighted by Crippen LogP contribution is 2.28. The summed E-state index contributed by atoms with van der Waals surface area (Å²) in [6, 6.07) is 3.32. The molecule has 0 bridgehead atoms. The number of hydrogen-bond donors (Lipinski definition) is 3. The molecule has 0 unspecified atom stereocenters. The number of rotatable bonds is 5. The lowest BCUT2D eigenvalue weighted by Gasteiger charge is -2.28. The van der Waals surface area contributed by atoms with Crippen LogP contribution in [0.1, 0.15) is 48.9 Å². The Labute approximate surface area is 211 Å². The molecule has 0 saturated carbocycles.